The quantitative estimate of drug-likeness (QED) is 0.507. The largest absolute Gasteiger partial charge is 0.410 e. The molecule has 2 rings (SSSR count). The van der Waals surface area contributed by atoms with Gasteiger partial charge in [-0.05, 0) is 23.8 Å². The zero-order chi connectivity index (χ0) is 14.6. The Labute approximate surface area is 116 Å². The highest BCUT2D eigenvalue weighted by Gasteiger charge is 2.00. The molecule has 6 nitrogen and oxygen atoms in total. The third kappa shape index (κ3) is 4.94. The van der Waals surface area contributed by atoms with Crippen molar-refractivity contribution in [3.05, 3.63) is 60.2 Å². The van der Waals surface area contributed by atoms with Crippen LogP contribution in [-0.4, -0.2) is 20.9 Å². The van der Waals surface area contributed by atoms with Gasteiger partial charge in [-0.1, -0.05) is 11.2 Å². The Kier molecular flexibility index (Phi) is 6.50. The van der Waals surface area contributed by atoms with Crippen molar-refractivity contribution in [2.24, 2.45) is 5.16 Å². The molecule has 2 aromatic rings. The summed E-state index contributed by atoms with van der Waals surface area (Å²) in [6.45, 7) is 0. The van der Waals surface area contributed by atoms with E-state index in [1.807, 2.05) is 18.2 Å². The highest BCUT2D eigenvalue weighted by molar-refractivity contribution is 6.10. The summed E-state index contributed by atoms with van der Waals surface area (Å²) in [4.78, 5) is 7.61. The Morgan fingerprint density at radius 3 is 2.30 bits per heavy atom. The third-order valence-corrected chi connectivity index (χ3v) is 2.15. The molecule has 0 unspecified atom stereocenters. The SMILES string of the molecule is N#CC(=NO)c1cccnc1.N#CCc1cccnc1. The van der Waals surface area contributed by atoms with E-state index in [9.17, 15) is 0 Å². The molecule has 0 atom stereocenters. The van der Waals surface area contributed by atoms with E-state index in [2.05, 4.69) is 15.1 Å². The second-order valence-corrected chi connectivity index (χ2v) is 3.50. The minimum atomic E-state index is -0.0295. The summed E-state index contributed by atoms with van der Waals surface area (Å²) in [5, 5.41) is 27.8. The molecule has 0 fully saturated rings. The molecule has 0 aliphatic heterocycles. The minimum absolute atomic E-state index is 0.0295. The van der Waals surface area contributed by atoms with Crippen LogP contribution in [0.4, 0.5) is 0 Å². The van der Waals surface area contributed by atoms with Crippen molar-refractivity contribution >= 4 is 5.71 Å². The molecule has 98 valence electrons. The van der Waals surface area contributed by atoms with Crippen molar-refractivity contribution < 1.29 is 5.21 Å². The maximum Gasteiger partial charge on any atom is 0.188 e. The van der Waals surface area contributed by atoms with E-state index in [-0.39, 0.29) is 5.71 Å². The minimum Gasteiger partial charge on any atom is -0.410 e. The third-order valence-electron chi connectivity index (χ3n) is 2.15. The zero-order valence-electron chi connectivity index (χ0n) is 10.5. The molecular formula is C14H11N5O. The van der Waals surface area contributed by atoms with Crippen LogP contribution in [0.2, 0.25) is 0 Å². The number of rotatable bonds is 2. The molecule has 0 bridgehead atoms. The summed E-state index contributed by atoms with van der Waals surface area (Å²) in [6, 6.07) is 10.8. The fourth-order valence-corrected chi connectivity index (χ4v) is 1.24. The van der Waals surface area contributed by atoms with Crippen LogP contribution in [0.15, 0.2) is 54.2 Å². The van der Waals surface area contributed by atoms with Crippen molar-refractivity contribution in [1.29, 1.82) is 10.5 Å². The number of pyridine rings is 2. The van der Waals surface area contributed by atoms with Crippen LogP contribution in [0.25, 0.3) is 0 Å². The van der Waals surface area contributed by atoms with E-state index >= 15 is 0 Å². The van der Waals surface area contributed by atoms with Gasteiger partial charge in [0.2, 0.25) is 0 Å². The van der Waals surface area contributed by atoms with E-state index in [0.29, 0.717) is 12.0 Å². The van der Waals surface area contributed by atoms with Crippen LogP contribution >= 0.6 is 0 Å². The molecule has 0 aliphatic rings. The molecule has 6 heteroatoms. The highest BCUT2D eigenvalue weighted by atomic mass is 16.4. The predicted molar refractivity (Wildman–Crippen MR) is 71.7 cm³/mol. The summed E-state index contributed by atoms with van der Waals surface area (Å²) in [5.41, 5.74) is 1.45. The van der Waals surface area contributed by atoms with E-state index in [0.717, 1.165) is 5.56 Å². The summed E-state index contributed by atoms with van der Waals surface area (Å²) in [5.74, 6) is 0. The molecule has 0 spiro atoms. The number of hydrogen-bond acceptors (Lipinski definition) is 6. The lowest BCUT2D eigenvalue weighted by atomic mass is 10.2. The monoisotopic (exact) mass is 265 g/mol. The van der Waals surface area contributed by atoms with Gasteiger partial charge >= 0.3 is 0 Å². The van der Waals surface area contributed by atoms with Gasteiger partial charge in [0, 0.05) is 30.4 Å². The first-order chi connectivity index (χ1) is 9.81. The Morgan fingerprint density at radius 2 is 1.85 bits per heavy atom. The molecule has 2 heterocycles. The Hall–Kier alpha value is -3.25. The van der Waals surface area contributed by atoms with Crippen LogP contribution in [0.3, 0.4) is 0 Å². The lowest BCUT2D eigenvalue weighted by Gasteiger charge is -1.91. The highest BCUT2D eigenvalue weighted by Crippen LogP contribution is 1.96. The van der Waals surface area contributed by atoms with E-state index in [1.165, 1.54) is 6.20 Å². The van der Waals surface area contributed by atoms with E-state index < -0.39 is 0 Å². The number of aromatic nitrogens is 2. The molecule has 2 aromatic heterocycles. The lowest BCUT2D eigenvalue weighted by molar-refractivity contribution is 0.320. The number of nitriles is 2. The van der Waals surface area contributed by atoms with Crippen LogP contribution < -0.4 is 0 Å². The molecule has 0 saturated carbocycles. The van der Waals surface area contributed by atoms with Gasteiger partial charge in [-0.2, -0.15) is 10.5 Å². The first kappa shape index (κ1) is 14.8. The Bertz CT molecular complexity index is 626. The topological polar surface area (TPSA) is 106 Å². The lowest BCUT2D eigenvalue weighted by Crippen LogP contribution is -1.96. The van der Waals surface area contributed by atoms with Gasteiger partial charge in [0.25, 0.3) is 0 Å². The molecule has 20 heavy (non-hydrogen) atoms. The van der Waals surface area contributed by atoms with Crippen molar-refractivity contribution in [3.63, 3.8) is 0 Å². The van der Waals surface area contributed by atoms with Crippen molar-refractivity contribution in [1.82, 2.24) is 9.97 Å². The molecule has 0 amide bonds. The smallest absolute Gasteiger partial charge is 0.188 e. The number of hydrogen-bond donors (Lipinski definition) is 1. The maximum atomic E-state index is 8.41. The van der Waals surface area contributed by atoms with Gasteiger partial charge in [-0.15, -0.1) is 0 Å². The van der Waals surface area contributed by atoms with E-state index in [4.69, 9.17) is 15.7 Å². The first-order valence-electron chi connectivity index (χ1n) is 5.60. The average Bonchev–Trinajstić information content (AvgIpc) is 2.52. The van der Waals surface area contributed by atoms with Gasteiger partial charge in [0.1, 0.15) is 6.07 Å². The molecule has 0 aromatic carbocycles. The standard InChI is InChI=1S/C7H5N3O.C7H6N2/c8-4-7(10-11)6-2-1-3-9-5-6;8-4-3-7-2-1-5-9-6-7/h1-3,5,11H;1-2,5-6H,3H2. The summed E-state index contributed by atoms with van der Waals surface area (Å²) in [7, 11) is 0. The molecule has 0 radical (unpaired) electrons. The fourth-order valence-electron chi connectivity index (χ4n) is 1.24. The number of nitrogens with zero attached hydrogens (tertiary/aromatic N) is 5. The summed E-state index contributed by atoms with van der Waals surface area (Å²) in [6.07, 6.45) is 6.88. The van der Waals surface area contributed by atoms with Gasteiger partial charge in [0.05, 0.1) is 12.5 Å². The Morgan fingerprint density at radius 1 is 1.15 bits per heavy atom. The second-order valence-electron chi connectivity index (χ2n) is 3.50. The fraction of sp³-hybridized carbons (Fsp3) is 0.0714. The van der Waals surface area contributed by atoms with Crippen LogP contribution in [0.5, 0.6) is 0 Å². The summed E-state index contributed by atoms with van der Waals surface area (Å²) < 4.78 is 0. The van der Waals surface area contributed by atoms with Crippen LogP contribution in [-0.2, 0) is 6.42 Å². The zero-order valence-corrected chi connectivity index (χ0v) is 10.5. The maximum absolute atomic E-state index is 8.41. The predicted octanol–water partition coefficient (Wildman–Crippen LogP) is 1.93. The van der Waals surface area contributed by atoms with Gasteiger partial charge in [-0.25, -0.2) is 0 Å². The van der Waals surface area contributed by atoms with E-state index in [1.54, 1.807) is 36.8 Å². The van der Waals surface area contributed by atoms with Crippen LogP contribution in [0.1, 0.15) is 11.1 Å². The van der Waals surface area contributed by atoms with Gasteiger partial charge in [-0.3, -0.25) is 9.97 Å². The van der Waals surface area contributed by atoms with Gasteiger partial charge in [0.15, 0.2) is 5.71 Å². The molecule has 0 saturated heterocycles. The molecule has 0 aliphatic carbocycles. The number of oxime groups is 1. The summed E-state index contributed by atoms with van der Waals surface area (Å²) >= 11 is 0. The van der Waals surface area contributed by atoms with Crippen molar-refractivity contribution in [2.75, 3.05) is 0 Å². The molecule has 1 N–H and O–H groups in total. The first-order valence-corrected chi connectivity index (χ1v) is 5.60. The van der Waals surface area contributed by atoms with Gasteiger partial charge < -0.3 is 5.21 Å². The van der Waals surface area contributed by atoms with Crippen LogP contribution in [0, 0.1) is 22.7 Å². The van der Waals surface area contributed by atoms with Crippen molar-refractivity contribution in [2.45, 2.75) is 6.42 Å². The van der Waals surface area contributed by atoms with Crippen molar-refractivity contribution in [3.8, 4) is 12.1 Å². The average molecular weight is 265 g/mol. The second kappa shape index (κ2) is 8.78. The molecular weight excluding hydrogens is 254 g/mol. The normalized spacial score (nSPS) is 9.60. The Balaban J connectivity index is 0.000000204.